The summed E-state index contributed by atoms with van der Waals surface area (Å²) in [7, 11) is 3.12. The molecule has 196 valence electrons. The van der Waals surface area contributed by atoms with Crippen LogP contribution >= 0.6 is 0 Å². The number of ether oxygens (including phenoxy) is 2. The van der Waals surface area contributed by atoms with E-state index in [1.807, 2.05) is 66.7 Å². The highest BCUT2D eigenvalue weighted by Crippen LogP contribution is 2.33. The lowest BCUT2D eigenvalue weighted by Gasteiger charge is -2.19. The number of amidine groups is 1. The number of nitrogens with zero attached hydrogens (tertiary/aromatic N) is 2. The zero-order valence-corrected chi connectivity index (χ0v) is 21.8. The van der Waals surface area contributed by atoms with Gasteiger partial charge >= 0.3 is 0 Å². The summed E-state index contributed by atoms with van der Waals surface area (Å²) in [5, 5.41) is 0.370. The van der Waals surface area contributed by atoms with Crippen LogP contribution in [0.3, 0.4) is 0 Å². The second-order valence-corrected chi connectivity index (χ2v) is 9.11. The Hall–Kier alpha value is -5.43. The molecule has 0 saturated carbocycles. The number of aliphatic imine (C=N–C) groups is 1. The van der Waals surface area contributed by atoms with Gasteiger partial charge in [0.05, 0.1) is 25.3 Å². The number of methoxy groups -OCH3 is 2. The molecule has 5 aromatic rings. The number of carbonyl (C=O) groups is 1. The first-order valence-electron chi connectivity index (χ1n) is 12.6. The zero-order valence-electron chi connectivity index (χ0n) is 21.8. The molecular weight excluding hydrogens is 504 g/mol. The van der Waals surface area contributed by atoms with Gasteiger partial charge in [-0.1, -0.05) is 66.7 Å². The number of carbonyl (C=O) groups excluding carboxylic acids is 1. The second-order valence-electron chi connectivity index (χ2n) is 9.11. The van der Waals surface area contributed by atoms with E-state index in [-0.39, 0.29) is 17.0 Å². The molecule has 7 nitrogen and oxygen atoms in total. The second kappa shape index (κ2) is 10.4. The molecule has 2 heterocycles. The minimum atomic E-state index is -0.321. The van der Waals surface area contributed by atoms with E-state index in [9.17, 15) is 9.59 Å². The van der Waals surface area contributed by atoms with E-state index in [0.29, 0.717) is 39.8 Å². The third kappa shape index (κ3) is 4.54. The normalized spacial score (nSPS) is 14.1. The van der Waals surface area contributed by atoms with Gasteiger partial charge in [0.1, 0.15) is 22.9 Å². The summed E-state index contributed by atoms with van der Waals surface area (Å²) in [6.07, 6.45) is 1.70. The van der Waals surface area contributed by atoms with Gasteiger partial charge in [-0.3, -0.25) is 14.5 Å². The number of amides is 1. The summed E-state index contributed by atoms with van der Waals surface area (Å²) in [4.78, 5) is 33.2. The molecule has 0 N–H and O–H groups in total. The highest BCUT2D eigenvalue weighted by Gasteiger charge is 2.33. The number of fused-ring (bicyclic) bond motifs is 1. The lowest BCUT2D eigenvalue weighted by atomic mass is 10.1. The third-order valence-corrected chi connectivity index (χ3v) is 6.63. The molecule has 1 aromatic heterocycles. The standard InChI is InChI=1S/C33H24N2O5/c1-38-29-15-13-21(18-31(29)39-2)17-26-33(37)35(32(34-26)23-11-7-4-8-12-23)24-14-16-28-25(19-24)27(36)20-30(40-28)22-9-5-3-6-10-22/h3-20H,1-2H3/b26-17+. The van der Waals surface area contributed by atoms with E-state index in [4.69, 9.17) is 18.9 Å². The van der Waals surface area contributed by atoms with Gasteiger partial charge in [-0.25, -0.2) is 4.99 Å². The lowest BCUT2D eigenvalue weighted by molar-refractivity contribution is -0.113. The predicted molar refractivity (Wildman–Crippen MR) is 156 cm³/mol. The molecule has 6 rings (SSSR count). The van der Waals surface area contributed by atoms with Crippen molar-refractivity contribution < 1.29 is 18.7 Å². The summed E-state index contributed by atoms with van der Waals surface area (Å²) < 4.78 is 16.8. The smallest absolute Gasteiger partial charge is 0.282 e. The molecule has 1 amide bonds. The van der Waals surface area contributed by atoms with Crippen molar-refractivity contribution in [3.8, 4) is 22.8 Å². The average Bonchev–Trinajstić information content (AvgIpc) is 3.33. The minimum Gasteiger partial charge on any atom is -0.493 e. The number of hydrogen-bond acceptors (Lipinski definition) is 6. The molecule has 40 heavy (non-hydrogen) atoms. The molecule has 0 bridgehead atoms. The van der Waals surface area contributed by atoms with Gasteiger partial charge in [0.2, 0.25) is 0 Å². The topological polar surface area (TPSA) is 81.3 Å². The van der Waals surface area contributed by atoms with E-state index < -0.39 is 0 Å². The van der Waals surface area contributed by atoms with E-state index >= 15 is 0 Å². The Morgan fingerprint density at radius 1 is 0.750 bits per heavy atom. The van der Waals surface area contributed by atoms with Crippen LogP contribution < -0.4 is 19.8 Å². The van der Waals surface area contributed by atoms with Crippen LogP contribution in [0.2, 0.25) is 0 Å². The first kappa shape index (κ1) is 24.9. The van der Waals surface area contributed by atoms with Crippen molar-refractivity contribution in [3.63, 3.8) is 0 Å². The summed E-state index contributed by atoms with van der Waals surface area (Å²) in [6, 6.07) is 30.9. The molecule has 1 aliphatic heterocycles. The Morgan fingerprint density at radius 2 is 1.45 bits per heavy atom. The van der Waals surface area contributed by atoms with E-state index in [2.05, 4.69) is 0 Å². The molecule has 4 aromatic carbocycles. The molecule has 0 saturated heterocycles. The van der Waals surface area contributed by atoms with Crippen molar-refractivity contribution >= 4 is 34.5 Å². The highest BCUT2D eigenvalue weighted by atomic mass is 16.5. The number of benzene rings is 4. The van der Waals surface area contributed by atoms with Crippen molar-refractivity contribution in [3.05, 3.63) is 130 Å². The summed E-state index contributed by atoms with van der Waals surface area (Å²) >= 11 is 0. The molecule has 0 spiro atoms. The fraction of sp³-hybridized carbons (Fsp3) is 0.0606. The van der Waals surface area contributed by atoms with Crippen molar-refractivity contribution in [2.75, 3.05) is 19.1 Å². The van der Waals surface area contributed by atoms with Crippen LogP contribution in [0, 0.1) is 0 Å². The Labute approximate surface area is 230 Å². The number of rotatable bonds is 6. The first-order chi connectivity index (χ1) is 19.6. The molecule has 0 unspecified atom stereocenters. The highest BCUT2D eigenvalue weighted by molar-refractivity contribution is 6.33. The van der Waals surface area contributed by atoms with Gasteiger partial charge in [0.25, 0.3) is 5.91 Å². The Balaban J connectivity index is 1.44. The average molecular weight is 529 g/mol. The van der Waals surface area contributed by atoms with Crippen LogP contribution in [-0.2, 0) is 4.79 Å². The van der Waals surface area contributed by atoms with Crippen LogP contribution in [0.4, 0.5) is 5.69 Å². The maximum atomic E-state index is 13.8. The van der Waals surface area contributed by atoms with Crippen molar-refractivity contribution in [2.45, 2.75) is 0 Å². The zero-order chi connectivity index (χ0) is 27.6. The molecule has 0 fully saturated rings. The maximum Gasteiger partial charge on any atom is 0.282 e. The van der Waals surface area contributed by atoms with Gasteiger partial charge in [-0.2, -0.15) is 0 Å². The van der Waals surface area contributed by atoms with E-state index in [1.165, 1.54) is 11.0 Å². The number of anilines is 1. The Bertz CT molecular complexity index is 1860. The molecule has 7 heteroatoms. The molecule has 0 radical (unpaired) electrons. The molecule has 0 atom stereocenters. The first-order valence-corrected chi connectivity index (χ1v) is 12.6. The largest absolute Gasteiger partial charge is 0.493 e. The van der Waals surface area contributed by atoms with Crippen molar-refractivity contribution in [2.24, 2.45) is 4.99 Å². The van der Waals surface area contributed by atoms with Gasteiger partial charge in [-0.05, 0) is 42.0 Å². The maximum absolute atomic E-state index is 13.8. The minimum absolute atomic E-state index is 0.201. The number of hydrogen-bond donors (Lipinski definition) is 0. The van der Waals surface area contributed by atoms with Gasteiger partial charge in [0, 0.05) is 17.2 Å². The lowest BCUT2D eigenvalue weighted by Crippen LogP contribution is -2.32. The molecule has 1 aliphatic rings. The Morgan fingerprint density at radius 3 is 2.15 bits per heavy atom. The fourth-order valence-electron chi connectivity index (χ4n) is 4.67. The van der Waals surface area contributed by atoms with Crippen LogP contribution in [0.5, 0.6) is 11.5 Å². The fourth-order valence-corrected chi connectivity index (χ4v) is 4.67. The van der Waals surface area contributed by atoms with Crippen molar-refractivity contribution in [1.82, 2.24) is 0 Å². The van der Waals surface area contributed by atoms with Crippen LogP contribution in [0.25, 0.3) is 28.4 Å². The summed E-state index contributed by atoms with van der Waals surface area (Å²) in [5.74, 6) is 1.75. The van der Waals surface area contributed by atoms with Crippen molar-refractivity contribution in [1.29, 1.82) is 0 Å². The van der Waals surface area contributed by atoms with E-state index in [1.54, 1.807) is 50.6 Å². The predicted octanol–water partition coefficient (Wildman–Crippen LogP) is 6.31. The van der Waals surface area contributed by atoms with Gasteiger partial charge in [0.15, 0.2) is 16.9 Å². The summed E-state index contributed by atoms with van der Waals surface area (Å²) in [6.45, 7) is 0. The quantitative estimate of drug-likeness (QED) is 0.241. The SMILES string of the molecule is COc1ccc(/C=C2/N=C(c3ccccc3)N(c3ccc4oc(-c5ccccc5)cc(=O)c4c3)C2=O)cc1OC. The third-order valence-electron chi connectivity index (χ3n) is 6.63. The van der Waals surface area contributed by atoms with E-state index in [0.717, 1.165) is 16.7 Å². The summed E-state index contributed by atoms with van der Waals surface area (Å²) in [5.41, 5.74) is 3.29. The van der Waals surface area contributed by atoms with Crippen LogP contribution in [0.15, 0.2) is 123 Å². The molecule has 0 aliphatic carbocycles. The molecular formula is C33H24N2O5. The van der Waals surface area contributed by atoms with Crippen LogP contribution in [0.1, 0.15) is 11.1 Å². The van der Waals surface area contributed by atoms with Crippen LogP contribution in [-0.4, -0.2) is 26.0 Å². The van der Waals surface area contributed by atoms with Gasteiger partial charge < -0.3 is 13.9 Å². The monoisotopic (exact) mass is 528 g/mol. The Kier molecular flexibility index (Phi) is 6.46. The van der Waals surface area contributed by atoms with Gasteiger partial charge in [-0.15, -0.1) is 0 Å².